The van der Waals surface area contributed by atoms with E-state index in [0.717, 1.165) is 17.0 Å². The van der Waals surface area contributed by atoms with E-state index in [4.69, 9.17) is 0 Å². The maximum Gasteiger partial charge on any atom is 0.230 e. The summed E-state index contributed by atoms with van der Waals surface area (Å²) in [6.07, 6.45) is 1.62. The van der Waals surface area contributed by atoms with Crippen molar-refractivity contribution in [3.8, 4) is 0 Å². The Morgan fingerprint density at radius 3 is 2.55 bits per heavy atom. The minimum atomic E-state index is -0.244. The number of carbonyl (C=O) groups is 1. The molecule has 1 aromatic carbocycles. The molecule has 5 nitrogen and oxygen atoms in total. The highest BCUT2D eigenvalue weighted by Crippen LogP contribution is 2.20. The molecule has 0 radical (unpaired) electrons. The van der Waals surface area contributed by atoms with Crippen LogP contribution in [0.15, 0.2) is 30.6 Å². The van der Waals surface area contributed by atoms with Crippen LogP contribution >= 0.6 is 0 Å². The summed E-state index contributed by atoms with van der Waals surface area (Å²) in [6.45, 7) is 6.50. The highest BCUT2D eigenvalue weighted by Gasteiger charge is 2.22. The zero-order valence-corrected chi connectivity index (χ0v) is 13.3. The highest BCUT2D eigenvalue weighted by molar-refractivity contribution is 5.83. The quantitative estimate of drug-likeness (QED) is 0.859. The van der Waals surface area contributed by atoms with Crippen molar-refractivity contribution in [3.63, 3.8) is 0 Å². The molecule has 0 fully saturated rings. The van der Waals surface area contributed by atoms with Gasteiger partial charge in [0.25, 0.3) is 0 Å². The Labute approximate surface area is 131 Å². The van der Waals surface area contributed by atoms with Gasteiger partial charge in [0.05, 0.1) is 31.1 Å². The second kappa shape index (κ2) is 7.22. The molecule has 1 aromatic heterocycles. The molecule has 0 aliphatic heterocycles. The number of aromatic nitrogens is 2. The molecule has 0 saturated heterocycles. The smallest absolute Gasteiger partial charge is 0.230 e. The van der Waals surface area contributed by atoms with E-state index < -0.39 is 0 Å². The van der Waals surface area contributed by atoms with Gasteiger partial charge in [-0.3, -0.25) is 4.79 Å². The molecule has 5 heteroatoms. The van der Waals surface area contributed by atoms with Crippen molar-refractivity contribution in [2.24, 2.45) is 0 Å². The number of hydrogen-bond donors (Lipinski definition) is 2. The first-order valence-corrected chi connectivity index (χ1v) is 7.48. The minimum Gasteiger partial charge on any atom is -0.395 e. The lowest BCUT2D eigenvalue weighted by atomic mass is 9.98. The SMILES string of the molecule is Cc1ccc(C(C)C(=O)N(CCO)Cc2nc[nH]c2C)cc1. The number of aromatic amines is 1. The van der Waals surface area contributed by atoms with Crippen molar-refractivity contribution < 1.29 is 9.90 Å². The lowest BCUT2D eigenvalue weighted by Crippen LogP contribution is -2.36. The number of aryl methyl sites for hydroxylation is 2. The van der Waals surface area contributed by atoms with E-state index in [1.54, 1.807) is 11.2 Å². The third-order valence-electron chi connectivity index (χ3n) is 3.90. The molecule has 2 rings (SSSR count). The summed E-state index contributed by atoms with van der Waals surface area (Å²) in [5, 5.41) is 9.25. The number of imidazole rings is 1. The van der Waals surface area contributed by atoms with Crippen LogP contribution < -0.4 is 0 Å². The van der Waals surface area contributed by atoms with E-state index in [9.17, 15) is 9.90 Å². The van der Waals surface area contributed by atoms with Crippen LogP contribution in [-0.2, 0) is 11.3 Å². The third kappa shape index (κ3) is 3.74. The fraction of sp³-hybridized carbons (Fsp3) is 0.412. The van der Waals surface area contributed by atoms with Gasteiger partial charge in [0.1, 0.15) is 0 Å². The molecular weight excluding hydrogens is 278 g/mol. The van der Waals surface area contributed by atoms with Gasteiger partial charge in [-0.05, 0) is 26.3 Å². The number of nitrogens with zero attached hydrogens (tertiary/aromatic N) is 2. The van der Waals surface area contributed by atoms with Crippen molar-refractivity contribution in [2.75, 3.05) is 13.2 Å². The molecule has 118 valence electrons. The maximum absolute atomic E-state index is 12.7. The van der Waals surface area contributed by atoms with Crippen LogP contribution in [0.5, 0.6) is 0 Å². The Kier molecular flexibility index (Phi) is 5.33. The first-order valence-electron chi connectivity index (χ1n) is 7.48. The first kappa shape index (κ1) is 16.2. The number of hydrogen-bond acceptors (Lipinski definition) is 3. The second-order valence-electron chi connectivity index (χ2n) is 5.59. The van der Waals surface area contributed by atoms with Gasteiger partial charge < -0.3 is 15.0 Å². The van der Waals surface area contributed by atoms with E-state index >= 15 is 0 Å². The van der Waals surface area contributed by atoms with Crippen LogP contribution in [0, 0.1) is 13.8 Å². The Morgan fingerprint density at radius 1 is 1.32 bits per heavy atom. The number of nitrogens with one attached hydrogen (secondary N) is 1. The summed E-state index contributed by atoms with van der Waals surface area (Å²) in [5.74, 6) is -0.244. The number of carbonyl (C=O) groups excluding carboxylic acids is 1. The molecule has 0 bridgehead atoms. The summed E-state index contributed by atoms with van der Waals surface area (Å²) in [7, 11) is 0. The lowest BCUT2D eigenvalue weighted by Gasteiger charge is -2.25. The average Bonchev–Trinajstić information content (AvgIpc) is 2.91. The van der Waals surface area contributed by atoms with Crippen LogP contribution in [0.2, 0.25) is 0 Å². The molecule has 1 unspecified atom stereocenters. The van der Waals surface area contributed by atoms with E-state index in [2.05, 4.69) is 9.97 Å². The van der Waals surface area contributed by atoms with E-state index in [-0.39, 0.29) is 18.4 Å². The van der Waals surface area contributed by atoms with Crippen LogP contribution in [-0.4, -0.2) is 39.0 Å². The Morgan fingerprint density at radius 2 is 2.00 bits per heavy atom. The van der Waals surface area contributed by atoms with Crippen LogP contribution in [0.1, 0.15) is 35.4 Å². The lowest BCUT2D eigenvalue weighted by molar-refractivity contribution is -0.133. The third-order valence-corrected chi connectivity index (χ3v) is 3.90. The number of benzene rings is 1. The number of aliphatic hydroxyl groups is 1. The Balaban J connectivity index is 2.14. The highest BCUT2D eigenvalue weighted by atomic mass is 16.3. The van der Waals surface area contributed by atoms with Gasteiger partial charge in [-0.2, -0.15) is 0 Å². The van der Waals surface area contributed by atoms with Gasteiger partial charge in [0.2, 0.25) is 5.91 Å². The van der Waals surface area contributed by atoms with Crippen LogP contribution in [0.3, 0.4) is 0 Å². The van der Waals surface area contributed by atoms with Crippen molar-refractivity contribution in [2.45, 2.75) is 33.2 Å². The Bertz CT molecular complexity index is 619. The van der Waals surface area contributed by atoms with E-state index in [1.165, 1.54) is 5.56 Å². The fourth-order valence-electron chi connectivity index (χ4n) is 2.39. The van der Waals surface area contributed by atoms with Gasteiger partial charge >= 0.3 is 0 Å². The Hall–Kier alpha value is -2.14. The predicted molar refractivity (Wildman–Crippen MR) is 85.4 cm³/mol. The average molecular weight is 301 g/mol. The predicted octanol–water partition coefficient (Wildman–Crippen LogP) is 2.15. The van der Waals surface area contributed by atoms with Gasteiger partial charge in [-0.1, -0.05) is 29.8 Å². The number of rotatable bonds is 6. The normalized spacial score (nSPS) is 12.2. The topological polar surface area (TPSA) is 69.2 Å². The van der Waals surface area contributed by atoms with Crippen molar-refractivity contribution >= 4 is 5.91 Å². The largest absolute Gasteiger partial charge is 0.395 e. The van der Waals surface area contributed by atoms with Crippen LogP contribution in [0.25, 0.3) is 0 Å². The van der Waals surface area contributed by atoms with Gasteiger partial charge in [-0.15, -0.1) is 0 Å². The molecule has 22 heavy (non-hydrogen) atoms. The van der Waals surface area contributed by atoms with E-state index in [1.807, 2.05) is 45.0 Å². The minimum absolute atomic E-state index is 0.000281. The number of H-pyrrole nitrogens is 1. The summed E-state index contributed by atoms with van der Waals surface area (Å²) in [5.41, 5.74) is 3.93. The standard InChI is InChI=1S/C17H23N3O2/c1-12-4-6-15(7-5-12)13(2)17(22)20(8-9-21)10-16-14(3)18-11-19-16/h4-7,11,13,21H,8-10H2,1-3H3,(H,18,19). The zero-order chi connectivity index (χ0) is 16.1. The molecule has 1 atom stereocenters. The van der Waals surface area contributed by atoms with Crippen LogP contribution in [0.4, 0.5) is 0 Å². The number of amides is 1. The van der Waals surface area contributed by atoms with Gasteiger partial charge in [0, 0.05) is 12.2 Å². The summed E-state index contributed by atoms with van der Waals surface area (Å²) in [4.78, 5) is 21.6. The molecule has 2 aromatic rings. The fourth-order valence-corrected chi connectivity index (χ4v) is 2.39. The summed E-state index contributed by atoms with van der Waals surface area (Å²) >= 11 is 0. The second-order valence-corrected chi connectivity index (χ2v) is 5.59. The molecule has 1 heterocycles. The number of aliphatic hydroxyl groups excluding tert-OH is 1. The molecule has 0 aliphatic carbocycles. The van der Waals surface area contributed by atoms with Gasteiger partial charge in [0.15, 0.2) is 0 Å². The van der Waals surface area contributed by atoms with E-state index in [0.29, 0.717) is 13.1 Å². The molecule has 1 amide bonds. The molecule has 0 aliphatic rings. The van der Waals surface area contributed by atoms with Crippen molar-refractivity contribution in [3.05, 3.63) is 53.1 Å². The summed E-state index contributed by atoms with van der Waals surface area (Å²) in [6, 6.07) is 7.98. The zero-order valence-electron chi connectivity index (χ0n) is 13.3. The van der Waals surface area contributed by atoms with Gasteiger partial charge in [-0.25, -0.2) is 4.98 Å². The molecule has 0 spiro atoms. The molecular formula is C17H23N3O2. The first-order chi connectivity index (χ1) is 10.5. The van der Waals surface area contributed by atoms with Crippen molar-refractivity contribution in [1.82, 2.24) is 14.9 Å². The summed E-state index contributed by atoms with van der Waals surface area (Å²) < 4.78 is 0. The molecule has 0 saturated carbocycles. The van der Waals surface area contributed by atoms with Crippen molar-refractivity contribution in [1.29, 1.82) is 0 Å². The molecule has 2 N–H and O–H groups in total. The maximum atomic E-state index is 12.7. The monoisotopic (exact) mass is 301 g/mol.